The lowest BCUT2D eigenvalue weighted by Crippen LogP contribution is -2.36. The number of nitrogens with zero attached hydrogens (tertiary/aromatic N) is 3. The summed E-state index contributed by atoms with van der Waals surface area (Å²) in [6, 6.07) is 0. The number of aliphatic hydroxyl groups excluding tert-OH is 3. The molecular weight excluding hydrogens is 334 g/mol. The van der Waals surface area contributed by atoms with Crippen molar-refractivity contribution in [3.63, 3.8) is 0 Å². The predicted molar refractivity (Wildman–Crippen MR) is 85.5 cm³/mol. The molecule has 1 saturated heterocycles. The Kier molecular flexibility index (Phi) is 4.36. The summed E-state index contributed by atoms with van der Waals surface area (Å²) in [4.78, 5) is 31.3. The first-order valence-corrected chi connectivity index (χ1v) is 7.43. The van der Waals surface area contributed by atoms with Gasteiger partial charge in [0.2, 0.25) is 5.95 Å². The average Bonchev–Trinajstić information content (AvgIpc) is 3.00. The van der Waals surface area contributed by atoms with E-state index in [1.54, 1.807) is 6.92 Å². The van der Waals surface area contributed by atoms with E-state index in [0.29, 0.717) is 0 Å². The molecule has 6 N–H and O–H groups in total. The van der Waals surface area contributed by atoms with Gasteiger partial charge in [-0.15, -0.1) is 5.92 Å². The van der Waals surface area contributed by atoms with Crippen LogP contribution in [-0.2, 0) is 11.3 Å². The van der Waals surface area contributed by atoms with Crippen LogP contribution in [0.15, 0.2) is 9.59 Å². The minimum absolute atomic E-state index is 0.0810. The van der Waals surface area contributed by atoms with Crippen molar-refractivity contribution in [3.05, 3.63) is 20.8 Å². The molecule has 25 heavy (non-hydrogen) atoms. The smallest absolute Gasteiger partial charge is 0.333 e. The first-order valence-electron chi connectivity index (χ1n) is 7.43. The molecule has 0 radical (unpaired) electrons. The van der Waals surface area contributed by atoms with Crippen LogP contribution in [0.5, 0.6) is 0 Å². The molecule has 2 aromatic rings. The summed E-state index contributed by atoms with van der Waals surface area (Å²) in [7, 11) is 0. The Morgan fingerprint density at radius 1 is 1.36 bits per heavy atom. The van der Waals surface area contributed by atoms with Crippen molar-refractivity contribution in [2.75, 3.05) is 12.3 Å². The third-order valence-electron chi connectivity index (χ3n) is 4.02. The Hall–Kier alpha value is -2.65. The number of ether oxygens (including phenoxy) is 1. The monoisotopic (exact) mass is 351 g/mol. The largest absolute Gasteiger partial charge is 0.394 e. The van der Waals surface area contributed by atoms with Crippen molar-refractivity contribution in [3.8, 4) is 11.8 Å². The standard InChI is InChI=1S/C14H17N5O6/c1-2-3-4-18-7-10(16-13(15)17-11(7)23)19(14(18)24)12-9(22)8(21)6(5-20)25-12/h6,8-9,12,20-22H,4-5H2,1H3,(H3,15,16,17,23)/t6-,8+,9-,12-/m1/s1. The van der Waals surface area contributed by atoms with Gasteiger partial charge in [0.15, 0.2) is 17.4 Å². The van der Waals surface area contributed by atoms with Crippen LogP contribution in [-0.4, -0.2) is 59.3 Å². The SMILES string of the molecule is CC#CCn1c(=O)n([C@@H]2O[C@H](CO)[C@H](O)[C@H]2O)c2nc(N)[nH]c(=O)c21. The van der Waals surface area contributed by atoms with E-state index in [2.05, 4.69) is 21.8 Å². The third kappa shape index (κ3) is 2.61. The molecular formula is C14H17N5O6. The topological polar surface area (TPSA) is 169 Å². The fraction of sp³-hybridized carbons (Fsp3) is 0.500. The van der Waals surface area contributed by atoms with Gasteiger partial charge in [0.1, 0.15) is 18.3 Å². The number of nitrogens with one attached hydrogen (secondary N) is 1. The van der Waals surface area contributed by atoms with Crippen molar-refractivity contribution in [1.29, 1.82) is 0 Å². The Morgan fingerprint density at radius 3 is 2.68 bits per heavy atom. The highest BCUT2D eigenvalue weighted by Crippen LogP contribution is 2.30. The molecule has 11 nitrogen and oxygen atoms in total. The second kappa shape index (κ2) is 6.34. The van der Waals surface area contributed by atoms with Crippen molar-refractivity contribution < 1.29 is 20.1 Å². The van der Waals surface area contributed by atoms with Crippen molar-refractivity contribution in [1.82, 2.24) is 19.1 Å². The molecule has 134 valence electrons. The Bertz CT molecular complexity index is 980. The fourth-order valence-corrected chi connectivity index (χ4v) is 2.83. The highest BCUT2D eigenvalue weighted by molar-refractivity contribution is 5.72. The molecule has 0 spiro atoms. The highest BCUT2D eigenvalue weighted by Gasteiger charge is 2.45. The number of aromatic nitrogens is 4. The van der Waals surface area contributed by atoms with Gasteiger partial charge in [0.05, 0.1) is 13.2 Å². The molecule has 3 heterocycles. The van der Waals surface area contributed by atoms with Crippen LogP contribution >= 0.6 is 0 Å². The number of aromatic amines is 1. The van der Waals surface area contributed by atoms with Crippen LogP contribution in [0.4, 0.5) is 5.95 Å². The van der Waals surface area contributed by atoms with Crippen molar-refractivity contribution >= 4 is 17.1 Å². The summed E-state index contributed by atoms with van der Waals surface area (Å²) in [5.74, 6) is 5.07. The van der Waals surface area contributed by atoms with Crippen LogP contribution in [0.2, 0.25) is 0 Å². The van der Waals surface area contributed by atoms with Crippen molar-refractivity contribution in [2.45, 2.75) is 38.0 Å². The molecule has 1 aliphatic rings. The normalized spacial score (nSPS) is 25.9. The number of rotatable bonds is 3. The second-order valence-electron chi connectivity index (χ2n) is 5.52. The molecule has 1 aliphatic heterocycles. The zero-order chi connectivity index (χ0) is 18.3. The summed E-state index contributed by atoms with van der Waals surface area (Å²) < 4.78 is 7.39. The first kappa shape index (κ1) is 17.2. The van der Waals surface area contributed by atoms with Gasteiger partial charge in [-0.2, -0.15) is 4.98 Å². The van der Waals surface area contributed by atoms with E-state index in [-0.39, 0.29) is 23.7 Å². The molecule has 4 atom stereocenters. The molecule has 0 saturated carbocycles. The number of fused-ring (bicyclic) bond motifs is 1. The van der Waals surface area contributed by atoms with Gasteiger partial charge in [-0.05, 0) is 6.92 Å². The zero-order valence-electron chi connectivity index (χ0n) is 13.2. The van der Waals surface area contributed by atoms with Crippen molar-refractivity contribution in [2.24, 2.45) is 0 Å². The van der Waals surface area contributed by atoms with Gasteiger partial charge < -0.3 is 25.8 Å². The van der Waals surface area contributed by atoms with E-state index in [9.17, 15) is 24.9 Å². The minimum atomic E-state index is -1.51. The number of aliphatic hydroxyl groups is 3. The van der Waals surface area contributed by atoms with Crippen LogP contribution in [0, 0.1) is 11.8 Å². The molecule has 3 rings (SSSR count). The molecule has 11 heteroatoms. The summed E-state index contributed by atoms with van der Waals surface area (Å²) >= 11 is 0. The summed E-state index contributed by atoms with van der Waals surface area (Å²) in [6.07, 6.45) is -5.34. The second-order valence-corrected chi connectivity index (χ2v) is 5.52. The number of hydrogen-bond donors (Lipinski definition) is 5. The Morgan fingerprint density at radius 2 is 2.08 bits per heavy atom. The summed E-state index contributed by atoms with van der Waals surface area (Å²) in [6.45, 7) is 0.943. The van der Waals surface area contributed by atoms with Gasteiger partial charge in [-0.25, -0.2) is 9.36 Å². The van der Waals surface area contributed by atoms with Gasteiger partial charge in [0.25, 0.3) is 5.56 Å². The van der Waals surface area contributed by atoms with E-state index < -0.39 is 42.4 Å². The molecule has 0 aliphatic carbocycles. The van der Waals surface area contributed by atoms with E-state index in [0.717, 1.165) is 9.13 Å². The average molecular weight is 351 g/mol. The maximum atomic E-state index is 12.8. The minimum Gasteiger partial charge on any atom is -0.394 e. The number of hydrogen-bond acceptors (Lipinski definition) is 8. The molecule has 0 aromatic carbocycles. The number of H-pyrrole nitrogens is 1. The van der Waals surface area contributed by atoms with E-state index >= 15 is 0 Å². The maximum Gasteiger partial charge on any atom is 0.333 e. The quantitative estimate of drug-likeness (QED) is 0.367. The maximum absolute atomic E-state index is 12.8. The Balaban J connectivity index is 2.28. The summed E-state index contributed by atoms with van der Waals surface area (Å²) in [5.41, 5.74) is 4.00. The third-order valence-corrected chi connectivity index (χ3v) is 4.02. The van der Waals surface area contributed by atoms with E-state index in [4.69, 9.17) is 10.5 Å². The molecule has 1 fully saturated rings. The van der Waals surface area contributed by atoms with Crippen LogP contribution in [0.25, 0.3) is 11.2 Å². The number of imidazole rings is 1. The lowest BCUT2D eigenvalue weighted by Gasteiger charge is -2.15. The van der Waals surface area contributed by atoms with Crippen LogP contribution in [0.1, 0.15) is 13.2 Å². The zero-order valence-corrected chi connectivity index (χ0v) is 13.2. The molecule has 0 amide bonds. The molecule has 0 bridgehead atoms. The summed E-state index contributed by atoms with van der Waals surface area (Å²) in [5, 5.41) is 29.3. The van der Waals surface area contributed by atoms with Gasteiger partial charge in [-0.1, -0.05) is 5.92 Å². The lowest BCUT2D eigenvalue weighted by atomic mass is 10.1. The van der Waals surface area contributed by atoms with Gasteiger partial charge >= 0.3 is 5.69 Å². The number of anilines is 1. The van der Waals surface area contributed by atoms with Gasteiger partial charge in [0, 0.05) is 0 Å². The predicted octanol–water partition coefficient (Wildman–Crippen LogP) is -2.90. The number of nitrogens with two attached hydrogens (primary N) is 1. The van der Waals surface area contributed by atoms with E-state index in [1.807, 2.05) is 0 Å². The van der Waals surface area contributed by atoms with Crippen LogP contribution in [0.3, 0.4) is 0 Å². The van der Waals surface area contributed by atoms with Crippen LogP contribution < -0.4 is 17.0 Å². The van der Waals surface area contributed by atoms with Gasteiger partial charge in [-0.3, -0.25) is 14.3 Å². The fourth-order valence-electron chi connectivity index (χ4n) is 2.83. The first-order chi connectivity index (χ1) is 11.9. The molecule has 2 aromatic heterocycles. The lowest BCUT2D eigenvalue weighted by molar-refractivity contribution is -0.0527. The number of nitrogen functional groups attached to an aromatic ring is 1. The van der Waals surface area contributed by atoms with E-state index in [1.165, 1.54) is 0 Å². The Labute approximate surface area is 140 Å². The highest BCUT2D eigenvalue weighted by atomic mass is 16.6. The molecule has 0 unspecified atom stereocenters.